The average molecular weight is 332 g/mol. The number of nitrogens with zero attached hydrogens (tertiary/aromatic N) is 2. The maximum Gasteiger partial charge on any atom is 0.262 e. The predicted molar refractivity (Wildman–Crippen MR) is 103 cm³/mol. The van der Waals surface area contributed by atoms with Gasteiger partial charge in [-0.05, 0) is 55.7 Å². The Hall–Kier alpha value is -3.21. The number of rotatable bonds is 4. The van der Waals surface area contributed by atoms with E-state index in [0.29, 0.717) is 22.6 Å². The molecule has 0 fully saturated rings. The van der Waals surface area contributed by atoms with Gasteiger partial charge in [-0.3, -0.25) is 9.20 Å². The van der Waals surface area contributed by atoms with Crippen molar-refractivity contribution >= 4 is 28.9 Å². The summed E-state index contributed by atoms with van der Waals surface area (Å²) in [5.41, 5.74) is 5.42. The van der Waals surface area contributed by atoms with Gasteiger partial charge in [-0.1, -0.05) is 24.3 Å². The van der Waals surface area contributed by atoms with Crippen molar-refractivity contribution in [1.29, 1.82) is 5.41 Å². The maximum absolute atomic E-state index is 12.7. The highest BCUT2D eigenvalue weighted by Gasteiger charge is 2.11. The van der Waals surface area contributed by atoms with Crippen LogP contribution in [-0.4, -0.2) is 15.6 Å². The number of pyridine rings is 1. The van der Waals surface area contributed by atoms with Crippen molar-refractivity contribution in [1.82, 2.24) is 9.38 Å². The molecule has 0 atom stereocenters. The van der Waals surface area contributed by atoms with Gasteiger partial charge in [0.05, 0.1) is 5.56 Å². The van der Waals surface area contributed by atoms with E-state index in [1.54, 1.807) is 19.2 Å². The SMILES string of the molecule is C=C(C=N)c1ccc2nc(Nc3ccc(C)cc3C)c(C)c(=O)n2c1. The van der Waals surface area contributed by atoms with E-state index in [9.17, 15) is 4.79 Å². The minimum absolute atomic E-state index is 0.142. The summed E-state index contributed by atoms with van der Waals surface area (Å²) in [6.45, 7) is 9.62. The smallest absolute Gasteiger partial charge is 0.262 e. The van der Waals surface area contributed by atoms with E-state index in [2.05, 4.69) is 22.9 Å². The summed E-state index contributed by atoms with van der Waals surface area (Å²) in [5.74, 6) is 0.551. The molecule has 0 amide bonds. The first kappa shape index (κ1) is 16.6. The fourth-order valence-electron chi connectivity index (χ4n) is 2.70. The predicted octanol–water partition coefficient (Wildman–Crippen LogP) is 4.03. The van der Waals surface area contributed by atoms with Crippen LogP contribution < -0.4 is 10.9 Å². The van der Waals surface area contributed by atoms with Crippen LogP contribution in [0.25, 0.3) is 11.2 Å². The summed E-state index contributed by atoms with van der Waals surface area (Å²) in [6.07, 6.45) is 2.84. The largest absolute Gasteiger partial charge is 0.340 e. The van der Waals surface area contributed by atoms with Gasteiger partial charge in [-0.15, -0.1) is 0 Å². The summed E-state index contributed by atoms with van der Waals surface area (Å²) in [6, 6.07) is 9.67. The highest BCUT2D eigenvalue weighted by Crippen LogP contribution is 2.22. The molecule has 2 aromatic heterocycles. The highest BCUT2D eigenvalue weighted by molar-refractivity contribution is 6.07. The molecular weight excluding hydrogens is 312 g/mol. The molecule has 126 valence electrons. The zero-order valence-electron chi connectivity index (χ0n) is 14.6. The number of hydrogen-bond donors (Lipinski definition) is 2. The zero-order valence-corrected chi connectivity index (χ0v) is 14.6. The number of benzene rings is 1. The summed E-state index contributed by atoms with van der Waals surface area (Å²) in [7, 11) is 0. The Balaban J connectivity index is 2.11. The number of nitrogens with one attached hydrogen (secondary N) is 2. The molecule has 2 N–H and O–H groups in total. The Kier molecular flexibility index (Phi) is 4.23. The average Bonchev–Trinajstić information content (AvgIpc) is 2.60. The van der Waals surface area contributed by atoms with E-state index in [4.69, 9.17) is 5.41 Å². The fourth-order valence-corrected chi connectivity index (χ4v) is 2.70. The molecule has 1 aromatic carbocycles. The topological polar surface area (TPSA) is 70.2 Å². The van der Waals surface area contributed by atoms with E-state index in [1.807, 2.05) is 32.0 Å². The second-order valence-electron chi connectivity index (χ2n) is 6.15. The number of allylic oxidation sites excluding steroid dienone is 1. The third kappa shape index (κ3) is 3.08. The van der Waals surface area contributed by atoms with E-state index >= 15 is 0 Å². The Labute approximate surface area is 146 Å². The summed E-state index contributed by atoms with van der Waals surface area (Å²) >= 11 is 0. The molecule has 25 heavy (non-hydrogen) atoms. The molecular formula is C20H20N4O. The van der Waals surface area contributed by atoms with Crippen LogP contribution in [0.3, 0.4) is 0 Å². The lowest BCUT2D eigenvalue weighted by Gasteiger charge is -2.13. The van der Waals surface area contributed by atoms with Crippen molar-refractivity contribution in [2.45, 2.75) is 20.8 Å². The van der Waals surface area contributed by atoms with Crippen molar-refractivity contribution < 1.29 is 0 Å². The normalized spacial score (nSPS) is 10.7. The van der Waals surface area contributed by atoms with Crippen LogP contribution >= 0.6 is 0 Å². The second kappa shape index (κ2) is 6.36. The van der Waals surface area contributed by atoms with E-state index in [1.165, 1.54) is 16.2 Å². The molecule has 0 aliphatic carbocycles. The van der Waals surface area contributed by atoms with Crippen molar-refractivity contribution in [3.05, 3.63) is 75.7 Å². The number of aryl methyl sites for hydroxylation is 2. The Bertz CT molecular complexity index is 1060. The van der Waals surface area contributed by atoms with Crippen molar-refractivity contribution in [3.8, 4) is 0 Å². The molecule has 0 aliphatic heterocycles. The lowest BCUT2D eigenvalue weighted by Crippen LogP contribution is -2.20. The maximum atomic E-state index is 12.7. The number of fused-ring (bicyclic) bond motifs is 1. The van der Waals surface area contributed by atoms with Crippen LogP contribution in [0.1, 0.15) is 22.3 Å². The fraction of sp³-hybridized carbons (Fsp3) is 0.150. The Morgan fingerprint density at radius 2 is 2.00 bits per heavy atom. The van der Waals surface area contributed by atoms with Crippen LogP contribution in [0.4, 0.5) is 11.5 Å². The van der Waals surface area contributed by atoms with Crippen LogP contribution in [0.5, 0.6) is 0 Å². The number of hydrogen-bond acceptors (Lipinski definition) is 4. The van der Waals surface area contributed by atoms with Crippen LogP contribution in [-0.2, 0) is 0 Å². The van der Waals surface area contributed by atoms with Gasteiger partial charge in [0.2, 0.25) is 0 Å². The van der Waals surface area contributed by atoms with Gasteiger partial charge in [0.15, 0.2) is 0 Å². The molecule has 0 spiro atoms. The zero-order chi connectivity index (χ0) is 18.1. The standard InChI is InChI=1S/C20H20N4O/c1-12-5-7-17(13(2)9-12)22-19-15(4)20(25)24-11-16(14(3)10-21)6-8-18(24)23-19/h5-11,21-22H,3H2,1-2,4H3. The Morgan fingerprint density at radius 3 is 2.68 bits per heavy atom. The third-order valence-electron chi connectivity index (χ3n) is 4.23. The van der Waals surface area contributed by atoms with Crippen LogP contribution in [0.2, 0.25) is 0 Å². The molecule has 0 saturated heterocycles. The van der Waals surface area contributed by atoms with Gasteiger partial charge in [0.1, 0.15) is 11.5 Å². The van der Waals surface area contributed by atoms with Gasteiger partial charge < -0.3 is 10.7 Å². The molecule has 0 radical (unpaired) electrons. The van der Waals surface area contributed by atoms with Crippen LogP contribution in [0, 0.1) is 26.2 Å². The molecule has 3 rings (SSSR count). The molecule has 0 saturated carbocycles. The second-order valence-corrected chi connectivity index (χ2v) is 6.15. The first-order valence-electron chi connectivity index (χ1n) is 7.98. The third-order valence-corrected chi connectivity index (χ3v) is 4.23. The van der Waals surface area contributed by atoms with Gasteiger partial charge in [-0.2, -0.15) is 0 Å². The van der Waals surface area contributed by atoms with E-state index in [-0.39, 0.29) is 5.56 Å². The number of anilines is 2. The summed E-state index contributed by atoms with van der Waals surface area (Å²) in [4.78, 5) is 17.3. The van der Waals surface area contributed by atoms with E-state index < -0.39 is 0 Å². The minimum Gasteiger partial charge on any atom is -0.340 e. The highest BCUT2D eigenvalue weighted by atomic mass is 16.1. The van der Waals surface area contributed by atoms with Gasteiger partial charge in [0.25, 0.3) is 5.56 Å². The molecule has 2 heterocycles. The molecule has 5 nitrogen and oxygen atoms in total. The summed E-state index contributed by atoms with van der Waals surface area (Å²) in [5, 5.41) is 10.6. The molecule has 0 unspecified atom stereocenters. The monoisotopic (exact) mass is 332 g/mol. The van der Waals surface area contributed by atoms with Crippen LogP contribution in [0.15, 0.2) is 47.9 Å². The Morgan fingerprint density at radius 1 is 1.24 bits per heavy atom. The molecule has 3 aromatic rings. The molecule has 0 aliphatic rings. The summed E-state index contributed by atoms with van der Waals surface area (Å²) < 4.78 is 1.49. The first-order valence-corrected chi connectivity index (χ1v) is 7.98. The van der Waals surface area contributed by atoms with Crippen molar-refractivity contribution in [3.63, 3.8) is 0 Å². The lowest BCUT2D eigenvalue weighted by molar-refractivity contribution is 1.01. The quantitative estimate of drug-likeness (QED) is 0.709. The van der Waals surface area contributed by atoms with Crippen molar-refractivity contribution in [2.24, 2.45) is 0 Å². The van der Waals surface area contributed by atoms with Gasteiger partial charge in [0, 0.05) is 18.1 Å². The van der Waals surface area contributed by atoms with E-state index in [0.717, 1.165) is 16.8 Å². The van der Waals surface area contributed by atoms with Gasteiger partial charge >= 0.3 is 0 Å². The number of aromatic nitrogens is 2. The first-order chi connectivity index (χ1) is 11.9. The molecule has 0 bridgehead atoms. The minimum atomic E-state index is -0.142. The van der Waals surface area contributed by atoms with Crippen molar-refractivity contribution in [2.75, 3.05) is 5.32 Å². The lowest BCUT2D eigenvalue weighted by atomic mass is 10.1. The molecule has 5 heteroatoms. The van der Waals surface area contributed by atoms with Gasteiger partial charge in [-0.25, -0.2) is 4.98 Å².